The maximum Gasteiger partial charge on any atom is 0.191 e. The van der Waals surface area contributed by atoms with Crippen LogP contribution in [0.15, 0.2) is 4.99 Å². The Bertz CT molecular complexity index is 230. The number of guanidine groups is 1. The van der Waals surface area contributed by atoms with Crippen LogP contribution in [0.5, 0.6) is 0 Å². The van der Waals surface area contributed by atoms with Crippen LogP contribution >= 0.6 is 24.0 Å². The Kier molecular flexibility index (Phi) is 10.8. The van der Waals surface area contributed by atoms with Crippen molar-refractivity contribution in [3.8, 4) is 0 Å². The van der Waals surface area contributed by atoms with E-state index < -0.39 is 0 Å². The average Bonchev–Trinajstić information content (AvgIpc) is 2.39. The average molecular weight is 369 g/mol. The summed E-state index contributed by atoms with van der Waals surface area (Å²) in [5, 5.41) is 0. The van der Waals surface area contributed by atoms with Crippen LogP contribution in [0.4, 0.5) is 0 Å². The number of aliphatic imine (C=N–C) groups is 1. The molecule has 108 valence electrons. The zero-order valence-electron chi connectivity index (χ0n) is 11.7. The van der Waals surface area contributed by atoms with E-state index in [1.165, 1.54) is 25.7 Å². The third-order valence-electron chi connectivity index (χ3n) is 3.39. The van der Waals surface area contributed by atoms with E-state index in [-0.39, 0.29) is 24.0 Å². The quantitative estimate of drug-likeness (QED) is 0.445. The van der Waals surface area contributed by atoms with Gasteiger partial charge in [0.15, 0.2) is 5.96 Å². The van der Waals surface area contributed by atoms with Crippen LogP contribution in [-0.2, 0) is 4.74 Å². The van der Waals surface area contributed by atoms with Gasteiger partial charge in [-0.25, -0.2) is 0 Å². The fourth-order valence-electron chi connectivity index (χ4n) is 2.03. The van der Waals surface area contributed by atoms with Gasteiger partial charge in [-0.2, -0.15) is 0 Å². The summed E-state index contributed by atoms with van der Waals surface area (Å²) in [6.07, 6.45) is 5.03. The fourth-order valence-corrected chi connectivity index (χ4v) is 2.03. The van der Waals surface area contributed by atoms with Crippen molar-refractivity contribution in [2.45, 2.75) is 39.5 Å². The standard InChI is InChI=1S/C13H27N3O.HI/c1-3-5-6-12(4-2)11-15-13(14)16-7-9-17-10-8-16;/h12H,3-11H2,1-2H3,(H2,14,15);1H. The summed E-state index contributed by atoms with van der Waals surface area (Å²) in [6.45, 7) is 8.63. The van der Waals surface area contributed by atoms with E-state index in [1.54, 1.807) is 0 Å². The third-order valence-corrected chi connectivity index (χ3v) is 3.39. The first-order chi connectivity index (χ1) is 8.27. The minimum absolute atomic E-state index is 0. The molecule has 5 heteroatoms. The van der Waals surface area contributed by atoms with Crippen molar-refractivity contribution in [1.29, 1.82) is 0 Å². The lowest BCUT2D eigenvalue weighted by atomic mass is 10.00. The summed E-state index contributed by atoms with van der Waals surface area (Å²) in [4.78, 5) is 6.66. The number of hydrogen-bond acceptors (Lipinski definition) is 2. The molecule has 0 spiro atoms. The highest BCUT2D eigenvalue weighted by Crippen LogP contribution is 2.12. The molecule has 18 heavy (non-hydrogen) atoms. The fraction of sp³-hybridized carbons (Fsp3) is 0.923. The lowest BCUT2D eigenvalue weighted by Gasteiger charge is -2.27. The molecule has 1 aliphatic rings. The maximum atomic E-state index is 6.00. The van der Waals surface area contributed by atoms with E-state index in [1.807, 2.05) is 0 Å². The third kappa shape index (κ3) is 6.78. The maximum absolute atomic E-state index is 6.00. The van der Waals surface area contributed by atoms with E-state index in [0.717, 1.165) is 32.8 Å². The molecule has 1 fully saturated rings. The first-order valence-corrected chi connectivity index (χ1v) is 6.90. The van der Waals surface area contributed by atoms with Crippen molar-refractivity contribution >= 4 is 29.9 Å². The predicted molar refractivity (Wildman–Crippen MR) is 87.6 cm³/mol. The van der Waals surface area contributed by atoms with Crippen molar-refractivity contribution in [2.24, 2.45) is 16.6 Å². The van der Waals surface area contributed by atoms with Gasteiger partial charge < -0.3 is 15.4 Å². The lowest BCUT2D eigenvalue weighted by molar-refractivity contribution is 0.0674. The van der Waals surface area contributed by atoms with Gasteiger partial charge in [0, 0.05) is 19.6 Å². The molecule has 0 radical (unpaired) electrons. The second kappa shape index (κ2) is 10.8. The number of rotatable bonds is 6. The first-order valence-electron chi connectivity index (χ1n) is 6.90. The van der Waals surface area contributed by atoms with Gasteiger partial charge in [-0.15, -0.1) is 24.0 Å². The number of nitrogens with two attached hydrogens (primary N) is 1. The largest absolute Gasteiger partial charge is 0.378 e. The minimum Gasteiger partial charge on any atom is -0.378 e. The molecule has 2 N–H and O–H groups in total. The number of morpholine rings is 1. The Labute approximate surface area is 128 Å². The van der Waals surface area contributed by atoms with Crippen LogP contribution in [0.25, 0.3) is 0 Å². The van der Waals surface area contributed by atoms with Crippen molar-refractivity contribution < 1.29 is 4.74 Å². The SMILES string of the molecule is CCCCC(CC)CN=C(N)N1CCOCC1.I. The summed E-state index contributed by atoms with van der Waals surface area (Å²) < 4.78 is 5.30. The van der Waals surface area contributed by atoms with Gasteiger partial charge in [0.2, 0.25) is 0 Å². The van der Waals surface area contributed by atoms with E-state index in [0.29, 0.717) is 11.9 Å². The van der Waals surface area contributed by atoms with Crippen LogP contribution in [0.3, 0.4) is 0 Å². The Balaban J connectivity index is 0.00000289. The molecular formula is C13H28IN3O. The topological polar surface area (TPSA) is 50.8 Å². The monoisotopic (exact) mass is 369 g/mol. The van der Waals surface area contributed by atoms with Crippen LogP contribution < -0.4 is 5.73 Å². The number of ether oxygens (including phenoxy) is 1. The van der Waals surface area contributed by atoms with Crippen LogP contribution in [0, 0.1) is 5.92 Å². The Morgan fingerprint density at radius 2 is 2.00 bits per heavy atom. The summed E-state index contributed by atoms with van der Waals surface area (Å²) >= 11 is 0. The summed E-state index contributed by atoms with van der Waals surface area (Å²) in [6, 6.07) is 0. The highest BCUT2D eigenvalue weighted by atomic mass is 127. The van der Waals surface area contributed by atoms with Gasteiger partial charge in [-0.1, -0.05) is 33.1 Å². The smallest absolute Gasteiger partial charge is 0.191 e. The highest BCUT2D eigenvalue weighted by molar-refractivity contribution is 14.0. The molecule has 4 nitrogen and oxygen atoms in total. The second-order valence-corrected chi connectivity index (χ2v) is 4.71. The molecule has 1 rings (SSSR count). The van der Waals surface area contributed by atoms with E-state index in [9.17, 15) is 0 Å². The summed E-state index contributed by atoms with van der Waals surface area (Å²) in [5.41, 5.74) is 6.00. The number of nitrogens with zero attached hydrogens (tertiary/aromatic N) is 2. The molecule has 0 saturated carbocycles. The molecule has 0 amide bonds. The molecule has 0 aromatic carbocycles. The van der Waals surface area contributed by atoms with Gasteiger partial charge in [0.05, 0.1) is 13.2 Å². The molecule has 1 aliphatic heterocycles. The highest BCUT2D eigenvalue weighted by Gasteiger charge is 2.12. The van der Waals surface area contributed by atoms with Crippen molar-refractivity contribution in [1.82, 2.24) is 4.90 Å². The van der Waals surface area contributed by atoms with Crippen molar-refractivity contribution in [3.63, 3.8) is 0 Å². The Morgan fingerprint density at radius 1 is 1.33 bits per heavy atom. The predicted octanol–water partition coefficient (Wildman–Crippen LogP) is 2.47. The van der Waals surface area contributed by atoms with E-state index in [4.69, 9.17) is 10.5 Å². The van der Waals surface area contributed by atoms with Gasteiger partial charge in [-0.3, -0.25) is 4.99 Å². The molecule has 1 heterocycles. The van der Waals surface area contributed by atoms with Gasteiger partial charge in [0.1, 0.15) is 0 Å². The molecule has 0 aliphatic carbocycles. The van der Waals surface area contributed by atoms with Crippen molar-refractivity contribution in [3.05, 3.63) is 0 Å². The van der Waals surface area contributed by atoms with E-state index in [2.05, 4.69) is 23.7 Å². The number of hydrogen-bond donors (Lipinski definition) is 1. The van der Waals surface area contributed by atoms with E-state index >= 15 is 0 Å². The Hall–Kier alpha value is -0.0400. The zero-order valence-corrected chi connectivity index (χ0v) is 14.1. The number of halogens is 1. The van der Waals surface area contributed by atoms with Gasteiger partial charge in [0.25, 0.3) is 0 Å². The molecule has 1 saturated heterocycles. The lowest BCUT2D eigenvalue weighted by Crippen LogP contribution is -2.45. The molecule has 1 atom stereocenters. The van der Waals surface area contributed by atoms with Gasteiger partial charge >= 0.3 is 0 Å². The summed E-state index contributed by atoms with van der Waals surface area (Å²) in [7, 11) is 0. The Morgan fingerprint density at radius 3 is 2.56 bits per heavy atom. The normalized spacial score (nSPS) is 18.3. The summed E-state index contributed by atoms with van der Waals surface area (Å²) in [5.74, 6) is 1.39. The molecule has 0 bridgehead atoms. The molecule has 1 unspecified atom stereocenters. The van der Waals surface area contributed by atoms with Crippen molar-refractivity contribution in [2.75, 3.05) is 32.8 Å². The van der Waals surface area contributed by atoms with Crippen LogP contribution in [0.2, 0.25) is 0 Å². The minimum atomic E-state index is 0. The first kappa shape index (κ1) is 18.0. The van der Waals surface area contributed by atoms with Crippen LogP contribution in [-0.4, -0.2) is 43.7 Å². The zero-order chi connectivity index (χ0) is 12.5. The van der Waals surface area contributed by atoms with Gasteiger partial charge in [-0.05, 0) is 12.3 Å². The number of unbranched alkanes of at least 4 members (excludes halogenated alkanes) is 1. The second-order valence-electron chi connectivity index (χ2n) is 4.71. The van der Waals surface area contributed by atoms with Crippen LogP contribution in [0.1, 0.15) is 39.5 Å². The molecular weight excluding hydrogens is 341 g/mol. The molecule has 0 aromatic rings. The molecule has 0 aromatic heterocycles.